The second kappa shape index (κ2) is 13.6. The molecule has 1 aromatic heterocycles. The van der Waals surface area contributed by atoms with Crippen LogP contribution < -0.4 is 27.0 Å². The molecule has 11 nitrogen and oxygen atoms in total. The Labute approximate surface area is 245 Å². The van der Waals surface area contributed by atoms with Gasteiger partial charge in [0.2, 0.25) is 17.7 Å². The number of rotatable bonds is 12. The Hall–Kier alpha value is -4.22. The Balaban J connectivity index is 1.50. The smallest absolute Gasteiger partial charge is 0.325 e. The van der Waals surface area contributed by atoms with Gasteiger partial charge >= 0.3 is 5.97 Å². The molecule has 0 aliphatic carbocycles. The number of amides is 3. The van der Waals surface area contributed by atoms with Gasteiger partial charge < -0.3 is 31.8 Å². The standard InChI is InChI=1S/C31H40N6O5/c1-17(2)13-24(29(39)34-18(3)31(41)42)37-30(40)25-15-21-20-11-7-8-12-23(20)36-27(21)26(35-25)16-33-28(38)22(32)14-19-9-5-4-6-10-19/h4-12,17-18,22,24-26,35-36H,13-16,32H2,1-3H3,(H,33,38)(H,34,39)(H,37,40)(H,41,42)/t18-,22-,24-,25?,26?/m0/s1. The molecule has 5 atom stereocenters. The molecule has 2 heterocycles. The molecule has 0 bridgehead atoms. The van der Waals surface area contributed by atoms with Crippen LogP contribution in [0.25, 0.3) is 10.9 Å². The lowest BCUT2D eigenvalue weighted by molar-refractivity contribution is -0.141. The van der Waals surface area contributed by atoms with Gasteiger partial charge in [-0.2, -0.15) is 0 Å². The SMILES string of the molecule is CC(C)C[C@H](NC(=O)C1Cc2c([nH]c3ccccc23)C(CNC(=O)[C@@H](N)Cc2ccccc2)N1)C(=O)N[C@@H](C)C(=O)O. The topological polar surface area (TPSA) is 178 Å². The molecule has 2 aromatic carbocycles. The molecule has 0 saturated carbocycles. The largest absolute Gasteiger partial charge is 0.480 e. The summed E-state index contributed by atoms with van der Waals surface area (Å²) in [5, 5.41) is 21.8. The maximum atomic E-state index is 13.6. The predicted octanol–water partition coefficient (Wildman–Crippen LogP) is 1.53. The quantitative estimate of drug-likeness (QED) is 0.171. The van der Waals surface area contributed by atoms with Crippen LogP contribution in [0.15, 0.2) is 54.6 Å². The Kier molecular flexibility index (Phi) is 9.97. The zero-order valence-corrected chi connectivity index (χ0v) is 24.1. The van der Waals surface area contributed by atoms with Crippen LogP contribution in [0.2, 0.25) is 0 Å². The number of carboxylic acids is 1. The van der Waals surface area contributed by atoms with Crippen molar-refractivity contribution in [2.24, 2.45) is 11.7 Å². The first-order valence-corrected chi connectivity index (χ1v) is 14.3. The number of fused-ring (bicyclic) bond motifs is 3. The van der Waals surface area contributed by atoms with Gasteiger partial charge in [-0.05, 0) is 49.3 Å². The number of hydrogen-bond donors (Lipinski definition) is 7. The number of aromatic nitrogens is 1. The zero-order chi connectivity index (χ0) is 30.4. The van der Waals surface area contributed by atoms with Crippen molar-refractivity contribution in [3.05, 3.63) is 71.4 Å². The first-order valence-electron chi connectivity index (χ1n) is 14.3. The Bertz CT molecular complexity index is 1420. The summed E-state index contributed by atoms with van der Waals surface area (Å²) >= 11 is 0. The third kappa shape index (κ3) is 7.54. The number of nitrogens with two attached hydrogens (primary N) is 1. The minimum Gasteiger partial charge on any atom is -0.480 e. The molecule has 1 aliphatic heterocycles. The fourth-order valence-corrected chi connectivity index (χ4v) is 5.30. The molecule has 0 spiro atoms. The molecule has 42 heavy (non-hydrogen) atoms. The van der Waals surface area contributed by atoms with Crippen LogP contribution in [0.1, 0.15) is 50.1 Å². The van der Waals surface area contributed by atoms with Crippen LogP contribution in [0.3, 0.4) is 0 Å². The van der Waals surface area contributed by atoms with Gasteiger partial charge in [-0.15, -0.1) is 0 Å². The van der Waals surface area contributed by atoms with E-state index in [0.29, 0.717) is 19.3 Å². The highest BCUT2D eigenvalue weighted by Gasteiger charge is 2.35. The van der Waals surface area contributed by atoms with Gasteiger partial charge in [0.05, 0.1) is 18.1 Å². The molecule has 0 radical (unpaired) electrons. The Morgan fingerprint density at radius 3 is 2.36 bits per heavy atom. The van der Waals surface area contributed by atoms with Crippen molar-refractivity contribution in [1.82, 2.24) is 26.3 Å². The van der Waals surface area contributed by atoms with Gasteiger partial charge in [0.15, 0.2) is 0 Å². The monoisotopic (exact) mass is 576 g/mol. The average molecular weight is 577 g/mol. The van der Waals surface area contributed by atoms with E-state index in [1.807, 2.05) is 68.4 Å². The number of carbonyl (C=O) groups excluding carboxylic acids is 3. The van der Waals surface area contributed by atoms with E-state index < -0.39 is 42.1 Å². The molecular weight excluding hydrogens is 536 g/mol. The van der Waals surface area contributed by atoms with Gasteiger partial charge in [0.25, 0.3) is 0 Å². The minimum atomic E-state index is -1.16. The molecular formula is C31H40N6O5. The lowest BCUT2D eigenvalue weighted by Gasteiger charge is -2.32. The third-order valence-corrected chi connectivity index (χ3v) is 7.51. The number of benzene rings is 2. The predicted molar refractivity (Wildman–Crippen MR) is 159 cm³/mol. The van der Waals surface area contributed by atoms with Gasteiger partial charge in [-0.25, -0.2) is 0 Å². The first kappa shape index (κ1) is 30.7. The summed E-state index contributed by atoms with van der Waals surface area (Å²) in [5.74, 6) is -2.32. The van der Waals surface area contributed by atoms with Crippen LogP contribution in [-0.4, -0.2) is 64.5 Å². The molecule has 1 aliphatic rings. The highest BCUT2D eigenvalue weighted by molar-refractivity contribution is 5.93. The van der Waals surface area contributed by atoms with E-state index in [1.54, 1.807) is 0 Å². The highest BCUT2D eigenvalue weighted by atomic mass is 16.4. The normalized spacial score (nSPS) is 18.5. The van der Waals surface area contributed by atoms with Gasteiger partial charge in [0.1, 0.15) is 12.1 Å². The second-order valence-electron chi connectivity index (χ2n) is 11.3. The summed E-state index contributed by atoms with van der Waals surface area (Å²) in [4.78, 5) is 54.1. The van der Waals surface area contributed by atoms with Gasteiger partial charge in [-0.3, -0.25) is 24.5 Å². The van der Waals surface area contributed by atoms with Crippen LogP contribution in [0.5, 0.6) is 0 Å². The maximum Gasteiger partial charge on any atom is 0.325 e. The van der Waals surface area contributed by atoms with E-state index >= 15 is 0 Å². The van der Waals surface area contributed by atoms with Crippen molar-refractivity contribution < 1.29 is 24.3 Å². The number of carboxylic acid groups (broad SMARTS) is 1. The van der Waals surface area contributed by atoms with Crippen molar-refractivity contribution in [2.45, 2.75) is 70.2 Å². The maximum absolute atomic E-state index is 13.6. The van der Waals surface area contributed by atoms with E-state index in [2.05, 4.69) is 26.3 Å². The number of aromatic amines is 1. The van der Waals surface area contributed by atoms with E-state index in [1.165, 1.54) is 6.92 Å². The Morgan fingerprint density at radius 1 is 0.976 bits per heavy atom. The summed E-state index contributed by atoms with van der Waals surface area (Å²) < 4.78 is 0. The minimum absolute atomic E-state index is 0.0729. The number of hydrogen-bond acceptors (Lipinski definition) is 6. The van der Waals surface area contributed by atoms with Crippen LogP contribution >= 0.6 is 0 Å². The number of aliphatic carboxylic acids is 1. The first-order chi connectivity index (χ1) is 20.0. The van der Waals surface area contributed by atoms with Crippen LogP contribution in [0, 0.1) is 5.92 Å². The van der Waals surface area contributed by atoms with E-state index in [4.69, 9.17) is 5.73 Å². The van der Waals surface area contributed by atoms with Crippen LogP contribution in [-0.2, 0) is 32.0 Å². The molecule has 3 aromatic rings. The third-order valence-electron chi connectivity index (χ3n) is 7.51. The lowest BCUT2D eigenvalue weighted by atomic mass is 9.92. The fourth-order valence-electron chi connectivity index (χ4n) is 5.30. The Morgan fingerprint density at radius 2 is 1.67 bits per heavy atom. The number of nitrogens with one attached hydrogen (secondary N) is 5. The zero-order valence-electron chi connectivity index (χ0n) is 24.1. The number of para-hydroxylation sites is 1. The molecule has 0 saturated heterocycles. The molecule has 2 unspecified atom stereocenters. The number of carbonyl (C=O) groups is 4. The summed E-state index contributed by atoms with van der Waals surface area (Å²) in [6.07, 6.45) is 1.10. The van der Waals surface area contributed by atoms with Crippen molar-refractivity contribution >= 4 is 34.6 Å². The molecule has 3 amide bonds. The van der Waals surface area contributed by atoms with E-state index in [-0.39, 0.29) is 24.3 Å². The number of H-pyrrole nitrogens is 1. The lowest BCUT2D eigenvalue weighted by Crippen LogP contribution is -2.57. The van der Waals surface area contributed by atoms with Crippen molar-refractivity contribution in [2.75, 3.05) is 6.54 Å². The summed E-state index contributed by atoms with van der Waals surface area (Å²) in [5.41, 5.74) is 9.91. The van der Waals surface area contributed by atoms with Crippen molar-refractivity contribution in [1.29, 1.82) is 0 Å². The molecule has 4 rings (SSSR count). The molecule has 8 N–H and O–H groups in total. The molecule has 224 valence electrons. The second-order valence-corrected chi connectivity index (χ2v) is 11.3. The molecule has 11 heteroatoms. The average Bonchev–Trinajstić information content (AvgIpc) is 3.34. The summed E-state index contributed by atoms with van der Waals surface area (Å²) in [7, 11) is 0. The summed E-state index contributed by atoms with van der Waals surface area (Å²) in [6.45, 7) is 5.41. The van der Waals surface area contributed by atoms with Gasteiger partial charge in [-0.1, -0.05) is 62.4 Å². The fraction of sp³-hybridized carbons (Fsp3) is 0.419. The molecule has 0 fully saturated rings. The van der Waals surface area contributed by atoms with Crippen molar-refractivity contribution in [3.8, 4) is 0 Å². The van der Waals surface area contributed by atoms with Crippen molar-refractivity contribution in [3.63, 3.8) is 0 Å². The van der Waals surface area contributed by atoms with E-state index in [0.717, 1.165) is 27.7 Å². The van der Waals surface area contributed by atoms with E-state index in [9.17, 15) is 24.3 Å². The van der Waals surface area contributed by atoms with Crippen LogP contribution in [0.4, 0.5) is 0 Å². The highest BCUT2D eigenvalue weighted by Crippen LogP contribution is 2.31. The summed E-state index contributed by atoms with van der Waals surface area (Å²) in [6, 6.07) is 13.5. The van der Waals surface area contributed by atoms with Gasteiger partial charge in [0, 0.05) is 23.1 Å².